The highest BCUT2D eigenvalue weighted by molar-refractivity contribution is 7.89. The highest BCUT2D eigenvalue weighted by Crippen LogP contribution is 2.35. The van der Waals surface area contributed by atoms with Crippen molar-refractivity contribution in [1.29, 1.82) is 0 Å². The molecule has 1 saturated heterocycles. The predicted molar refractivity (Wildman–Crippen MR) is 146 cm³/mol. The second kappa shape index (κ2) is 12.7. The van der Waals surface area contributed by atoms with E-state index in [4.69, 9.17) is 9.26 Å². The minimum Gasteiger partial charge on any atom is -0.445 e. The van der Waals surface area contributed by atoms with Gasteiger partial charge in [0.05, 0.1) is 11.8 Å². The quantitative estimate of drug-likeness (QED) is 0.372. The molecular formula is C29H36N4O5S. The van der Waals surface area contributed by atoms with Crippen molar-refractivity contribution >= 4 is 16.1 Å². The van der Waals surface area contributed by atoms with Gasteiger partial charge in [-0.2, -0.15) is 9.29 Å². The van der Waals surface area contributed by atoms with Gasteiger partial charge in [0.25, 0.3) is 5.89 Å². The second-order valence-electron chi connectivity index (χ2n) is 10.4. The summed E-state index contributed by atoms with van der Waals surface area (Å²) in [5.74, 6) is 0.899. The van der Waals surface area contributed by atoms with Crippen LogP contribution in [0.1, 0.15) is 86.3 Å². The molecule has 0 spiro atoms. The van der Waals surface area contributed by atoms with Gasteiger partial charge >= 0.3 is 6.09 Å². The molecule has 39 heavy (non-hydrogen) atoms. The van der Waals surface area contributed by atoms with Gasteiger partial charge in [-0.3, -0.25) is 0 Å². The average molecular weight is 553 g/mol. The molecule has 1 saturated carbocycles. The third kappa shape index (κ3) is 7.05. The first-order valence-electron chi connectivity index (χ1n) is 13.8. The zero-order valence-corrected chi connectivity index (χ0v) is 22.9. The lowest BCUT2D eigenvalue weighted by molar-refractivity contribution is 0.135. The van der Waals surface area contributed by atoms with Crippen molar-refractivity contribution < 1.29 is 22.5 Å². The molecule has 0 unspecified atom stereocenters. The summed E-state index contributed by atoms with van der Waals surface area (Å²) in [6.07, 6.45) is 7.02. The first kappa shape index (κ1) is 27.3. The molecule has 0 radical (unpaired) electrons. The molecule has 208 valence electrons. The maximum Gasteiger partial charge on any atom is 0.408 e. The van der Waals surface area contributed by atoms with Crippen molar-refractivity contribution in [2.75, 3.05) is 12.3 Å². The largest absolute Gasteiger partial charge is 0.445 e. The summed E-state index contributed by atoms with van der Waals surface area (Å²) in [5, 5.41) is 7.06. The van der Waals surface area contributed by atoms with Crippen molar-refractivity contribution in [1.82, 2.24) is 19.8 Å². The van der Waals surface area contributed by atoms with E-state index in [2.05, 4.69) is 15.5 Å². The van der Waals surface area contributed by atoms with Crippen LogP contribution < -0.4 is 5.32 Å². The number of carbonyl (C=O) groups is 1. The van der Waals surface area contributed by atoms with Crippen LogP contribution in [-0.4, -0.2) is 41.3 Å². The van der Waals surface area contributed by atoms with Gasteiger partial charge in [-0.25, -0.2) is 13.2 Å². The molecule has 1 aliphatic heterocycles. The number of benzene rings is 2. The van der Waals surface area contributed by atoms with E-state index in [0.717, 1.165) is 49.7 Å². The van der Waals surface area contributed by atoms with Gasteiger partial charge in [-0.1, -0.05) is 91.5 Å². The fraction of sp³-hybridized carbons (Fsp3) is 0.483. The monoisotopic (exact) mass is 552 g/mol. The number of carbonyl (C=O) groups excluding carboxylic acids is 1. The van der Waals surface area contributed by atoms with Crippen molar-refractivity contribution in [2.45, 2.75) is 70.1 Å². The molecule has 1 N–H and O–H groups in total. The summed E-state index contributed by atoms with van der Waals surface area (Å²) in [6, 6.07) is 17.5. The molecule has 2 aromatic carbocycles. The van der Waals surface area contributed by atoms with E-state index >= 15 is 0 Å². The Morgan fingerprint density at radius 2 is 1.67 bits per heavy atom. The Bertz CT molecular complexity index is 1310. The van der Waals surface area contributed by atoms with Gasteiger partial charge in [0.15, 0.2) is 5.82 Å². The number of hydrogen-bond donors (Lipinski definition) is 1. The lowest BCUT2D eigenvalue weighted by Crippen LogP contribution is -2.41. The van der Waals surface area contributed by atoms with Crippen LogP contribution in [0.2, 0.25) is 0 Å². The van der Waals surface area contributed by atoms with E-state index in [9.17, 15) is 13.2 Å². The molecule has 3 aromatic rings. The maximum atomic E-state index is 13.5. The van der Waals surface area contributed by atoms with Crippen LogP contribution in [0.4, 0.5) is 4.79 Å². The van der Waals surface area contributed by atoms with E-state index in [0.29, 0.717) is 18.8 Å². The number of ether oxygens (including phenoxy) is 1. The minimum absolute atomic E-state index is 0.124. The summed E-state index contributed by atoms with van der Waals surface area (Å²) in [4.78, 5) is 17.4. The summed E-state index contributed by atoms with van der Waals surface area (Å²) in [5.41, 5.74) is 1.62. The van der Waals surface area contributed by atoms with Crippen LogP contribution in [-0.2, 0) is 21.4 Å². The van der Waals surface area contributed by atoms with E-state index in [1.54, 1.807) is 4.31 Å². The van der Waals surface area contributed by atoms with Crippen molar-refractivity contribution in [3.8, 4) is 0 Å². The molecule has 1 amide bonds. The van der Waals surface area contributed by atoms with Gasteiger partial charge in [-0.15, -0.1) is 0 Å². The van der Waals surface area contributed by atoms with Gasteiger partial charge in [0.1, 0.15) is 12.6 Å². The van der Waals surface area contributed by atoms with Gasteiger partial charge in [0, 0.05) is 6.54 Å². The lowest BCUT2D eigenvalue weighted by Gasteiger charge is -2.34. The van der Waals surface area contributed by atoms with Crippen LogP contribution in [0, 0.1) is 5.92 Å². The molecule has 2 atom stereocenters. The molecule has 5 rings (SSSR count). The number of nitrogens with zero attached hydrogens (tertiary/aromatic N) is 3. The molecule has 1 aromatic heterocycles. The number of piperidine rings is 1. The van der Waals surface area contributed by atoms with Crippen LogP contribution in [0.25, 0.3) is 0 Å². The third-order valence-electron chi connectivity index (χ3n) is 7.59. The summed E-state index contributed by atoms with van der Waals surface area (Å²) in [6.45, 7) is 0.578. The number of aromatic nitrogens is 2. The smallest absolute Gasteiger partial charge is 0.408 e. The molecule has 0 bridgehead atoms. The standard InChI is InChI=1S/C29H36N4O5S/c34-29(37-20-22-12-4-1-5-13-22)30-26(24-16-8-3-9-17-24)28-31-27(32-38-28)25-18-10-11-19-33(25)39(35,36)21-23-14-6-2-7-15-23/h1,3-5,8-9,12-13,16-17,23,25-26H,2,6-7,10-11,14-15,18-21H2,(H,30,34)/t25-,26+/m0/s1. The highest BCUT2D eigenvalue weighted by atomic mass is 32.2. The van der Waals surface area contributed by atoms with Crippen LogP contribution in [0.5, 0.6) is 0 Å². The van der Waals surface area contributed by atoms with Crippen molar-refractivity contribution in [2.24, 2.45) is 5.92 Å². The predicted octanol–water partition coefficient (Wildman–Crippen LogP) is 5.52. The number of amides is 1. The summed E-state index contributed by atoms with van der Waals surface area (Å²) >= 11 is 0. The SMILES string of the molecule is O=C(N[C@H](c1ccccc1)c1nc([C@@H]2CCCCN2S(=O)(=O)CC2CCCCC2)no1)OCc1ccccc1. The first-order valence-corrected chi connectivity index (χ1v) is 15.5. The number of hydrogen-bond acceptors (Lipinski definition) is 7. The number of alkyl carbamates (subject to hydrolysis) is 1. The number of rotatable bonds is 9. The van der Waals surface area contributed by atoms with Gasteiger partial charge in [0.2, 0.25) is 10.0 Å². The molecule has 9 nitrogen and oxygen atoms in total. The molecule has 2 aliphatic rings. The van der Waals surface area contributed by atoms with Gasteiger partial charge < -0.3 is 14.6 Å². The Kier molecular flexibility index (Phi) is 8.93. The van der Waals surface area contributed by atoms with Crippen LogP contribution in [0.15, 0.2) is 65.2 Å². The Hall–Kier alpha value is -3.24. The van der Waals surface area contributed by atoms with Crippen molar-refractivity contribution in [3.05, 3.63) is 83.5 Å². The lowest BCUT2D eigenvalue weighted by atomic mass is 9.91. The van der Waals surface area contributed by atoms with E-state index in [-0.39, 0.29) is 24.2 Å². The van der Waals surface area contributed by atoms with E-state index in [1.165, 1.54) is 6.42 Å². The molecule has 10 heteroatoms. The molecular weight excluding hydrogens is 516 g/mol. The maximum absolute atomic E-state index is 13.5. The van der Waals surface area contributed by atoms with Crippen LogP contribution in [0.3, 0.4) is 0 Å². The highest BCUT2D eigenvalue weighted by Gasteiger charge is 2.38. The van der Waals surface area contributed by atoms with Crippen LogP contribution >= 0.6 is 0 Å². The Balaban J connectivity index is 1.33. The van der Waals surface area contributed by atoms with Crippen molar-refractivity contribution in [3.63, 3.8) is 0 Å². The third-order valence-corrected chi connectivity index (χ3v) is 9.64. The topological polar surface area (TPSA) is 115 Å². The fourth-order valence-electron chi connectivity index (χ4n) is 5.56. The second-order valence-corrected chi connectivity index (χ2v) is 12.4. The molecule has 2 fully saturated rings. The summed E-state index contributed by atoms with van der Waals surface area (Å²) < 4.78 is 39.7. The first-order chi connectivity index (χ1) is 19.0. The number of nitrogens with one attached hydrogen (secondary N) is 1. The van der Waals surface area contributed by atoms with Gasteiger partial charge in [-0.05, 0) is 42.7 Å². The normalized spacial score (nSPS) is 19.8. The molecule has 2 heterocycles. The average Bonchev–Trinajstić information content (AvgIpc) is 3.46. The zero-order valence-electron chi connectivity index (χ0n) is 22.1. The van der Waals surface area contributed by atoms with E-state index in [1.807, 2.05) is 60.7 Å². The van der Waals surface area contributed by atoms with E-state index < -0.39 is 28.2 Å². The Labute approximate surface area is 230 Å². The summed E-state index contributed by atoms with van der Waals surface area (Å²) in [7, 11) is -3.47. The Morgan fingerprint density at radius 3 is 2.41 bits per heavy atom. The molecule has 1 aliphatic carbocycles. The fourth-order valence-corrected chi connectivity index (χ4v) is 7.67. The Morgan fingerprint density at radius 1 is 0.974 bits per heavy atom. The zero-order chi connectivity index (χ0) is 27.1. The minimum atomic E-state index is -3.47. The number of sulfonamides is 1.